The van der Waals surface area contributed by atoms with E-state index in [9.17, 15) is 18.3 Å². The number of rotatable bonds is 9. The number of anilines is 1. The first-order chi connectivity index (χ1) is 15.8. The minimum Gasteiger partial charge on any atom is -0.393 e. The van der Waals surface area contributed by atoms with Gasteiger partial charge >= 0.3 is 10.3 Å². The molecule has 2 aliphatic carbocycles. The minimum absolute atomic E-state index is 0.134. The van der Waals surface area contributed by atoms with E-state index in [1.165, 1.54) is 61.5 Å². The lowest BCUT2D eigenvalue weighted by Gasteiger charge is -2.20. The van der Waals surface area contributed by atoms with Crippen LogP contribution in [0.5, 0.6) is 0 Å². The lowest BCUT2D eigenvalue weighted by molar-refractivity contribution is 0.101. The number of thiophene rings is 1. The molecule has 4 N–H and O–H groups in total. The fourth-order valence-corrected chi connectivity index (χ4v) is 6.09. The molecule has 2 heterocycles. The molecule has 0 spiro atoms. The van der Waals surface area contributed by atoms with Crippen LogP contribution in [0.1, 0.15) is 65.7 Å². The summed E-state index contributed by atoms with van der Waals surface area (Å²) >= 11 is 1.44. The number of nitrogens with two attached hydrogens (primary N) is 1. The number of aromatic nitrogens is 2. The number of carbonyl (C=O) groups excluding carboxylic acids is 1. The number of aliphatic hydroxyl groups is 1. The highest BCUT2D eigenvalue weighted by atomic mass is 32.2. The van der Waals surface area contributed by atoms with Gasteiger partial charge in [0.05, 0.1) is 23.2 Å². The first kappa shape index (κ1) is 24.2. The zero-order valence-electron chi connectivity index (χ0n) is 18.4. The molecular formula is C22H30N4O5S2. The maximum atomic E-state index is 13.2. The Morgan fingerprint density at radius 2 is 2.06 bits per heavy atom. The highest BCUT2D eigenvalue weighted by Gasteiger charge is 2.34. The van der Waals surface area contributed by atoms with E-state index in [2.05, 4.69) is 24.8 Å². The Morgan fingerprint density at radius 1 is 1.27 bits per heavy atom. The van der Waals surface area contributed by atoms with Crippen molar-refractivity contribution in [3.8, 4) is 0 Å². The quantitative estimate of drug-likeness (QED) is 0.451. The SMILES string of the molecule is NS(=O)(=O)OC[C@H]1C[C@@H](Nc2ncncc2C(=O)c2cc(CC3CCCCC3)cs2)C[C@@H]1O. The number of nitrogens with zero attached hydrogens (tertiary/aromatic N) is 2. The van der Waals surface area contributed by atoms with Gasteiger partial charge in [-0.1, -0.05) is 32.1 Å². The van der Waals surface area contributed by atoms with E-state index in [0.717, 1.165) is 6.42 Å². The van der Waals surface area contributed by atoms with Gasteiger partial charge < -0.3 is 10.4 Å². The van der Waals surface area contributed by atoms with Gasteiger partial charge in [-0.3, -0.25) is 8.98 Å². The lowest BCUT2D eigenvalue weighted by atomic mass is 9.85. The Hall–Kier alpha value is -1.92. The van der Waals surface area contributed by atoms with Crippen LogP contribution in [0, 0.1) is 11.8 Å². The summed E-state index contributed by atoms with van der Waals surface area (Å²) in [5.74, 6) is 0.586. The molecule has 180 valence electrons. The Balaban J connectivity index is 1.41. The average molecular weight is 495 g/mol. The zero-order valence-corrected chi connectivity index (χ0v) is 20.0. The number of hydrogen-bond acceptors (Lipinski definition) is 9. The average Bonchev–Trinajstić information content (AvgIpc) is 3.38. The third-order valence-electron chi connectivity index (χ3n) is 6.53. The molecule has 33 heavy (non-hydrogen) atoms. The third kappa shape index (κ3) is 6.57. The van der Waals surface area contributed by atoms with E-state index in [1.807, 2.05) is 6.07 Å². The van der Waals surface area contributed by atoms with Gasteiger partial charge in [-0.05, 0) is 42.2 Å². The number of carbonyl (C=O) groups is 1. The predicted octanol–water partition coefficient (Wildman–Crippen LogP) is 2.66. The molecule has 2 aromatic rings. The molecule has 3 atom stereocenters. The molecule has 0 radical (unpaired) electrons. The van der Waals surface area contributed by atoms with Crippen molar-refractivity contribution in [3.05, 3.63) is 40.0 Å². The van der Waals surface area contributed by atoms with Crippen LogP contribution in [0.4, 0.5) is 5.82 Å². The molecule has 0 saturated heterocycles. The van der Waals surface area contributed by atoms with Crippen LogP contribution in [-0.4, -0.2) is 48.0 Å². The predicted molar refractivity (Wildman–Crippen MR) is 125 cm³/mol. The molecule has 0 bridgehead atoms. The zero-order chi connectivity index (χ0) is 23.4. The first-order valence-corrected chi connectivity index (χ1v) is 13.7. The Labute approximate surface area is 198 Å². The Bertz CT molecular complexity index is 1070. The summed E-state index contributed by atoms with van der Waals surface area (Å²) in [5.41, 5.74) is 1.58. The van der Waals surface area contributed by atoms with Gasteiger partial charge in [0.25, 0.3) is 0 Å². The van der Waals surface area contributed by atoms with Crippen LogP contribution in [0.25, 0.3) is 0 Å². The van der Waals surface area contributed by atoms with Crippen LogP contribution in [0.15, 0.2) is 24.0 Å². The second-order valence-corrected chi connectivity index (χ2v) is 11.2. The van der Waals surface area contributed by atoms with Crippen molar-refractivity contribution in [1.29, 1.82) is 0 Å². The summed E-state index contributed by atoms with van der Waals surface area (Å²) < 4.78 is 26.7. The highest BCUT2D eigenvalue weighted by molar-refractivity contribution is 7.84. The standard InChI is InChI=1S/C22H30N4O5S2/c23-33(29,30)31-11-16-8-17(9-19(16)27)26-22-18(10-24-13-25-22)21(28)20-7-15(12-32-20)6-14-4-2-1-3-5-14/h7,10,12-14,16-17,19,27H,1-6,8-9,11H2,(H2,23,29,30)(H,24,25,26)/t16-,17-,19+/m1/s1. The third-order valence-corrected chi connectivity index (χ3v) is 7.97. The van der Waals surface area contributed by atoms with Crippen LogP contribution in [0.3, 0.4) is 0 Å². The maximum absolute atomic E-state index is 13.2. The number of ketones is 1. The van der Waals surface area contributed by atoms with Crippen molar-refractivity contribution in [2.45, 2.75) is 63.5 Å². The second kappa shape index (κ2) is 10.6. The summed E-state index contributed by atoms with van der Waals surface area (Å²) in [4.78, 5) is 22.2. The van der Waals surface area contributed by atoms with Crippen molar-refractivity contribution in [2.24, 2.45) is 17.0 Å². The van der Waals surface area contributed by atoms with E-state index in [4.69, 9.17) is 5.14 Å². The molecule has 2 aromatic heterocycles. The van der Waals surface area contributed by atoms with Gasteiger partial charge in [0.15, 0.2) is 0 Å². The summed E-state index contributed by atoms with van der Waals surface area (Å²) in [6.07, 6.45) is 10.4. The summed E-state index contributed by atoms with van der Waals surface area (Å²) in [6, 6.07) is 1.79. The second-order valence-electron chi connectivity index (χ2n) is 9.06. The molecule has 9 nitrogen and oxygen atoms in total. The first-order valence-electron chi connectivity index (χ1n) is 11.3. The molecular weight excluding hydrogens is 464 g/mol. The molecule has 4 rings (SSSR count). The van der Waals surface area contributed by atoms with Gasteiger partial charge in [0.2, 0.25) is 5.78 Å². The maximum Gasteiger partial charge on any atom is 0.333 e. The number of nitrogens with one attached hydrogen (secondary N) is 1. The molecule has 0 unspecified atom stereocenters. The molecule has 11 heteroatoms. The molecule has 2 saturated carbocycles. The van der Waals surface area contributed by atoms with Gasteiger partial charge in [-0.15, -0.1) is 11.3 Å². The number of hydrogen-bond donors (Lipinski definition) is 3. The molecule has 0 amide bonds. The van der Waals surface area contributed by atoms with Crippen molar-refractivity contribution >= 4 is 33.2 Å². The smallest absolute Gasteiger partial charge is 0.333 e. The fourth-order valence-electron chi connectivity index (χ4n) is 4.85. The minimum atomic E-state index is -4.06. The van der Waals surface area contributed by atoms with Crippen molar-refractivity contribution in [2.75, 3.05) is 11.9 Å². The highest BCUT2D eigenvalue weighted by Crippen LogP contribution is 2.32. The van der Waals surface area contributed by atoms with Crippen LogP contribution in [0.2, 0.25) is 0 Å². The van der Waals surface area contributed by atoms with Crippen LogP contribution in [-0.2, 0) is 20.9 Å². The lowest BCUT2D eigenvalue weighted by Crippen LogP contribution is -2.24. The van der Waals surface area contributed by atoms with Crippen molar-refractivity contribution in [1.82, 2.24) is 9.97 Å². The van der Waals surface area contributed by atoms with Crippen LogP contribution >= 0.6 is 11.3 Å². The molecule has 2 fully saturated rings. The number of aliphatic hydroxyl groups excluding tert-OH is 1. The van der Waals surface area contributed by atoms with E-state index in [0.29, 0.717) is 35.0 Å². The largest absolute Gasteiger partial charge is 0.393 e. The van der Waals surface area contributed by atoms with Crippen molar-refractivity contribution < 1.29 is 22.5 Å². The van der Waals surface area contributed by atoms with Gasteiger partial charge in [0, 0.05) is 18.2 Å². The Kier molecular flexibility index (Phi) is 7.75. The van der Waals surface area contributed by atoms with Crippen molar-refractivity contribution in [3.63, 3.8) is 0 Å². The van der Waals surface area contributed by atoms with Gasteiger partial charge in [-0.25, -0.2) is 15.1 Å². The topological polar surface area (TPSA) is 144 Å². The summed E-state index contributed by atoms with van der Waals surface area (Å²) in [5, 5.41) is 20.5. The van der Waals surface area contributed by atoms with E-state index in [1.54, 1.807) is 0 Å². The van der Waals surface area contributed by atoms with E-state index < -0.39 is 16.4 Å². The Morgan fingerprint density at radius 3 is 2.82 bits per heavy atom. The molecule has 0 aromatic carbocycles. The van der Waals surface area contributed by atoms with Crippen LogP contribution < -0.4 is 10.5 Å². The summed E-state index contributed by atoms with van der Waals surface area (Å²) in [7, 11) is -4.06. The van der Waals surface area contributed by atoms with E-state index >= 15 is 0 Å². The molecule has 2 aliphatic rings. The normalized spacial score (nSPS) is 24.1. The monoisotopic (exact) mass is 494 g/mol. The van der Waals surface area contributed by atoms with Gasteiger partial charge in [0.1, 0.15) is 12.1 Å². The fraction of sp³-hybridized carbons (Fsp3) is 0.591. The molecule has 0 aliphatic heterocycles. The van der Waals surface area contributed by atoms with Gasteiger partial charge in [-0.2, -0.15) is 8.42 Å². The summed E-state index contributed by atoms with van der Waals surface area (Å²) in [6.45, 7) is -0.188. The van der Waals surface area contributed by atoms with E-state index in [-0.39, 0.29) is 24.3 Å².